The minimum atomic E-state index is -0.437. The van der Waals surface area contributed by atoms with E-state index in [0.717, 1.165) is 23.3 Å². The molecular formula is C21H21NO3. The van der Waals surface area contributed by atoms with Crippen molar-refractivity contribution in [3.05, 3.63) is 70.9 Å². The quantitative estimate of drug-likeness (QED) is 0.581. The molecule has 0 aromatic heterocycles. The SMILES string of the molecule is CCCCc1ccc(C2=NC(=Cc3cccc(OC)c3)C(=O)O2)cc1. The van der Waals surface area contributed by atoms with E-state index in [4.69, 9.17) is 9.47 Å². The molecule has 4 heteroatoms. The van der Waals surface area contributed by atoms with Gasteiger partial charge in [0.05, 0.1) is 7.11 Å². The van der Waals surface area contributed by atoms with Crippen molar-refractivity contribution in [1.29, 1.82) is 0 Å². The van der Waals surface area contributed by atoms with Crippen molar-refractivity contribution in [3.8, 4) is 5.75 Å². The van der Waals surface area contributed by atoms with Gasteiger partial charge in [-0.1, -0.05) is 37.6 Å². The smallest absolute Gasteiger partial charge is 0.363 e. The van der Waals surface area contributed by atoms with E-state index in [2.05, 4.69) is 24.0 Å². The van der Waals surface area contributed by atoms with Gasteiger partial charge in [0.25, 0.3) is 0 Å². The molecule has 3 rings (SSSR count). The molecule has 0 saturated carbocycles. The van der Waals surface area contributed by atoms with Crippen molar-refractivity contribution in [2.45, 2.75) is 26.2 Å². The average molecular weight is 335 g/mol. The Morgan fingerprint density at radius 2 is 1.96 bits per heavy atom. The summed E-state index contributed by atoms with van der Waals surface area (Å²) < 4.78 is 10.5. The highest BCUT2D eigenvalue weighted by molar-refractivity contribution is 6.12. The van der Waals surface area contributed by atoms with E-state index < -0.39 is 5.97 Å². The molecule has 0 aliphatic carbocycles. The highest BCUT2D eigenvalue weighted by Crippen LogP contribution is 2.21. The number of carbonyl (C=O) groups excluding carboxylic acids is 1. The minimum absolute atomic E-state index is 0.290. The Hall–Kier alpha value is -2.88. The average Bonchev–Trinajstić information content (AvgIpc) is 3.01. The number of cyclic esters (lactones) is 1. The number of aryl methyl sites for hydroxylation is 1. The zero-order valence-electron chi connectivity index (χ0n) is 14.5. The molecule has 0 saturated heterocycles. The van der Waals surface area contributed by atoms with E-state index in [-0.39, 0.29) is 0 Å². The van der Waals surface area contributed by atoms with Gasteiger partial charge in [0, 0.05) is 5.56 Å². The Morgan fingerprint density at radius 1 is 1.16 bits per heavy atom. The molecule has 0 spiro atoms. The summed E-state index contributed by atoms with van der Waals surface area (Å²) in [7, 11) is 1.61. The van der Waals surface area contributed by atoms with Gasteiger partial charge < -0.3 is 9.47 Å². The molecule has 0 N–H and O–H groups in total. The first-order valence-electron chi connectivity index (χ1n) is 8.45. The van der Waals surface area contributed by atoms with Crippen molar-refractivity contribution in [1.82, 2.24) is 0 Å². The summed E-state index contributed by atoms with van der Waals surface area (Å²) in [6.07, 6.45) is 5.10. The first kappa shape index (κ1) is 17.0. The van der Waals surface area contributed by atoms with Gasteiger partial charge >= 0.3 is 5.97 Å². The highest BCUT2D eigenvalue weighted by atomic mass is 16.6. The second-order valence-corrected chi connectivity index (χ2v) is 5.91. The number of benzene rings is 2. The molecule has 0 fully saturated rings. The second-order valence-electron chi connectivity index (χ2n) is 5.91. The number of rotatable bonds is 6. The first-order valence-corrected chi connectivity index (χ1v) is 8.45. The fraction of sp³-hybridized carbons (Fsp3) is 0.238. The Morgan fingerprint density at radius 3 is 2.68 bits per heavy atom. The summed E-state index contributed by atoms with van der Waals surface area (Å²) >= 11 is 0. The predicted molar refractivity (Wildman–Crippen MR) is 98.7 cm³/mol. The predicted octanol–water partition coefficient (Wildman–Crippen LogP) is 4.38. The van der Waals surface area contributed by atoms with E-state index in [0.29, 0.717) is 11.6 Å². The molecule has 0 radical (unpaired) electrons. The number of hydrogen-bond acceptors (Lipinski definition) is 4. The molecule has 2 aromatic carbocycles. The van der Waals surface area contributed by atoms with E-state index >= 15 is 0 Å². The Balaban J connectivity index is 1.80. The lowest BCUT2D eigenvalue weighted by Crippen LogP contribution is -2.05. The number of hydrogen-bond donors (Lipinski definition) is 0. The zero-order chi connectivity index (χ0) is 17.6. The molecule has 1 heterocycles. The van der Waals surface area contributed by atoms with Gasteiger partial charge in [-0.05, 0) is 54.3 Å². The normalized spacial score (nSPS) is 15.2. The van der Waals surface area contributed by atoms with Gasteiger partial charge in [-0.15, -0.1) is 0 Å². The molecule has 128 valence electrons. The molecule has 0 unspecified atom stereocenters. The van der Waals surface area contributed by atoms with Gasteiger partial charge in [-0.25, -0.2) is 9.79 Å². The summed E-state index contributed by atoms with van der Waals surface area (Å²) in [4.78, 5) is 16.4. The third kappa shape index (κ3) is 4.15. The van der Waals surface area contributed by atoms with Gasteiger partial charge in [0.15, 0.2) is 5.70 Å². The van der Waals surface area contributed by atoms with Crippen molar-refractivity contribution >= 4 is 17.9 Å². The van der Waals surface area contributed by atoms with Crippen molar-refractivity contribution < 1.29 is 14.3 Å². The fourth-order valence-corrected chi connectivity index (χ4v) is 2.62. The molecule has 0 amide bonds. The van der Waals surface area contributed by atoms with Crippen molar-refractivity contribution in [2.75, 3.05) is 7.11 Å². The summed E-state index contributed by atoms with van der Waals surface area (Å²) in [6.45, 7) is 2.18. The molecule has 0 atom stereocenters. The molecule has 0 bridgehead atoms. The van der Waals surface area contributed by atoms with Crippen LogP contribution in [0.2, 0.25) is 0 Å². The Labute approximate surface area is 147 Å². The maximum absolute atomic E-state index is 12.1. The number of methoxy groups -OCH3 is 1. The van der Waals surface area contributed by atoms with Crippen LogP contribution in [0.25, 0.3) is 6.08 Å². The van der Waals surface area contributed by atoms with Gasteiger partial charge in [0.2, 0.25) is 5.90 Å². The number of esters is 1. The summed E-state index contributed by atoms with van der Waals surface area (Å²) in [5.41, 5.74) is 3.22. The third-order valence-corrected chi connectivity index (χ3v) is 4.04. The highest BCUT2D eigenvalue weighted by Gasteiger charge is 2.24. The lowest BCUT2D eigenvalue weighted by atomic mass is 10.1. The van der Waals surface area contributed by atoms with E-state index in [1.54, 1.807) is 13.2 Å². The second kappa shape index (κ2) is 7.79. The van der Waals surface area contributed by atoms with Gasteiger partial charge in [-0.3, -0.25) is 0 Å². The maximum atomic E-state index is 12.1. The van der Waals surface area contributed by atoms with Crippen LogP contribution >= 0.6 is 0 Å². The van der Waals surface area contributed by atoms with E-state index in [9.17, 15) is 4.79 Å². The standard InChI is InChI=1S/C21H21NO3/c1-3-4-6-15-9-11-17(12-10-15)20-22-19(21(23)25-20)14-16-7-5-8-18(13-16)24-2/h5,7-14H,3-4,6H2,1-2H3. The molecule has 1 aliphatic heterocycles. The number of carbonyl (C=O) groups is 1. The van der Waals surface area contributed by atoms with Crippen LogP contribution in [0.5, 0.6) is 5.75 Å². The molecule has 4 nitrogen and oxygen atoms in total. The summed E-state index contributed by atoms with van der Waals surface area (Å²) in [6, 6.07) is 15.5. The van der Waals surface area contributed by atoms with Crippen LogP contribution in [0.3, 0.4) is 0 Å². The van der Waals surface area contributed by atoms with Crippen LogP contribution in [-0.4, -0.2) is 19.0 Å². The third-order valence-electron chi connectivity index (χ3n) is 4.04. The van der Waals surface area contributed by atoms with Crippen LogP contribution in [0, 0.1) is 0 Å². The first-order chi connectivity index (χ1) is 12.2. The van der Waals surface area contributed by atoms with Crippen molar-refractivity contribution in [2.24, 2.45) is 4.99 Å². The molecule has 1 aliphatic rings. The number of aliphatic imine (C=N–C) groups is 1. The van der Waals surface area contributed by atoms with Crippen LogP contribution < -0.4 is 4.74 Å². The Kier molecular flexibility index (Phi) is 5.29. The maximum Gasteiger partial charge on any atom is 0.363 e. The van der Waals surface area contributed by atoms with E-state index in [1.165, 1.54) is 18.4 Å². The number of nitrogens with zero attached hydrogens (tertiary/aromatic N) is 1. The van der Waals surface area contributed by atoms with Gasteiger partial charge in [-0.2, -0.15) is 0 Å². The topological polar surface area (TPSA) is 47.9 Å². The fourth-order valence-electron chi connectivity index (χ4n) is 2.62. The summed E-state index contributed by atoms with van der Waals surface area (Å²) in [5, 5.41) is 0. The number of ether oxygens (including phenoxy) is 2. The summed E-state index contributed by atoms with van der Waals surface area (Å²) in [5.74, 6) is 0.640. The largest absolute Gasteiger partial charge is 0.497 e. The molecular weight excluding hydrogens is 314 g/mol. The van der Waals surface area contributed by atoms with Crippen LogP contribution in [0.1, 0.15) is 36.5 Å². The molecule has 25 heavy (non-hydrogen) atoms. The Bertz CT molecular complexity index is 819. The number of unbranched alkanes of at least 4 members (excludes halogenated alkanes) is 1. The van der Waals surface area contributed by atoms with E-state index in [1.807, 2.05) is 36.4 Å². The monoisotopic (exact) mass is 335 g/mol. The lowest BCUT2D eigenvalue weighted by Gasteiger charge is -2.02. The van der Waals surface area contributed by atoms with Crippen molar-refractivity contribution in [3.63, 3.8) is 0 Å². The van der Waals surface area contributed by atoms with Gasteiger partial charge in [0.1, 0.15) is 5.75 Å². The van der Waals surface area contributed by atoms with Crippen LogP contribution in [0.15, 0.2) is 59.2 Å². The zero-order valence-corrected chi connectivity index (χ0v) is 14.5. The molecule has 2 aromatic rings. The van der Waals surface area contributed by atoms with Crippen LogP contribution in [-0.2, 0) is 16.0 Å². The van der Waals surface area contributed by atoms with Crippen LogP contribution in [0.4, 0.5) is 0 Å². The minimum Gasteiger partial charge on any atom is -0.497 e. The lowest BCUT2D eigenvalue weighted by molar-refractivity contribution is -0.129.